The van der Waals surface area contributed by atoms with Gasteiger partial charge < -0.3 is 10.8 Å². The highest BCUT2D eigenvalue weighted by Gasteiger charge is 2.27. The Morgan fingerprint density at radius 3 is 2.28 bits per heavy atom. The SMILES string of the molecule is CCCC(=O)c1ccc(CC(C)(N)C(=O)O)cc1. The largest absolute Gasteiger partial charge is 0.480 e. The number of carboxylic acids is 1. The predicted molar refractivity (Wildman–Crippen MR) is 69.6 cm³/mol. The minimum Gasteiger partial charge on any atom is -0.480 e. The quantitative estimate of drug-likeness (QED) is 0.756. The number of benzene rings is 1. The number of ketones is 1. The van der Waals surface area contributed by atoms with E-state index >= 15 is 0 Å². The zero-order valence-electron chi connectivity index (χ0n) is 10.8. The first kappa shape index (κ1) is 14.4. The number of aliphatic carboxylic acids is 1. The van der Waals surface area contributed by atoms with Crippen LogP contribution in [0.2, 0.25) is 0 Å². The summed E-state index contributed by atoms with van der Waals surface area (Å²) in [5.74, 6) is -0.925. The lowest BCUT2D eigenvalue weighted by atomic mass is 9.93. The third-order valence-electron chi connectivity index (χ3n) is 2.81. The van der Waals surface area contributed by atoms with E-state index in [1.54, 1.807) is 24.3 Å². The number of carboxylic acid groups (broad SMARTS) is 1. The molecule has 1 unspecified atom stereocenters. The highest BCUT2D eigenvalue weighted by molar-refractivity contribution is 5.96. The van der Waals surface area contributed by atoms with Crippen LogP contribution in [0.25, 0.3) is 0 Å². The Hall–Kier alpha value is -1.68. The van der Waals surface area contributed by atoms with Crippen molar-refractivity contribution in [3.8, 4) is 0 Å². The van der Waals surface area contributed by atoms with Gasteiger partial charge in [-0.05, 0) is 18.9 Å². The summed E-state index contributed by atoms with van der Waals surface area (Å²) in [6, 6.07) is 6.98. The van der Waals surface area contributed by atoms with Gasteiger partial charge in [0, 0.05) is 18.4 Å². The van der Waals surface area contributed by atoms with Crippen molar-refractivity contribution in [3.05, 3.63) is 35.4 Å². The van der Waals surface area contributed by atoms with Crippen molar-refractivity contribution in [3.63, 3.8) is 0 Å². The van der Waals surface area contributed by atoms with E-state index in [1.807, 2.05) is 6.92 Å². The van der Waals surface area contributed by atoms with Crippen LogP contribution in [0.3, 0.4) is 0 Å². The Labute approximate surface area is 107 Å². The molecule has 0 aliphatic heterocycles. The molecule has 0 heterocycles. The molecule has 4 heteroatoms. The van der Waals surface area contributed by atoms with Gasteiger partial charge in [0.25, 0.3) is 0 Å². The van der Waals surface area contributed by atoms with Gasteiger partial charge in [-0.15, -0.1) is 0 Å². The van der Waals surface area contributed by atoms with E-state index in [9.17, 15) is 9.59 Å². The molecule has 1 rings (SSSR count). The van der Waals surface area contributed by atoms with E-state index in [2.05, 4.69) is 0 Å². The lowest BCUT2D eigenvalue weighted by molar-refractivity contribution is -0.142. The van der Waals surface area contributed by atoms with E-state index in [-0.39, 0.29) is 12.2 Å². The van der Waals surface area contributed by atoms with Crippen LogP contribution < -0.4 is 5.73 Å². The van der Waals surface area contributed by atoms with E-state index in [0.717, 1.165) is 12.0 Å². The molecule has 0 aromatic heterocycles. The predicted octanol–water partition coefficient (Wildman–Crippen LogP) is 2.01. The summed E-state index contributed by atoms with van der Waals surface area (Å²) in [6.45, 7) is 3.43. The fourth-order valence-electron chi connectivity index (χ4n) is 1.68. The van der Waals surface area contributed by atoms with Crippen LogP contribution in [0.5, 0.6) is 0 Å². The van der Waals surface area contributed by atoms with Crippen molar-refractivity contribution in [2.24, 2.45) is 5.73 Å². The number of rotatable bonds is 6. The number of hydrogen-bond acceptors (Lipinski definition) is 3. The zero-order valence-corrected chi connectivity index (χ0v) is 10.8. The highest BCUT2D eigenvalue weighted by atomic mass is 16.4. The van der Waals surface area contributed by atoms with Crippen LogP contribution in [0.15, 0.2) is 24.3 Å². The van der Waals surface area contributed by atoms with Crippen molar-refractivity contribution < 1.29 is 14.7 Å². The third kappa shape index (κ3) is 3.67. The van der Waals surface area contributed by atoms with Gasteiger partial charge in [-0.1, -0.05) is 31.2 Å². The van der Waals surface area contributed by atoms with Crippen molar-refractivity contribution in [2.75, 3.05) is 0 Å². The minimum absolute atomic E-state index is 0.109. The van der Waals surface area contributed by atoms with Crippen molar-refractivity contribution in [1.82, 2.24) is 0 Å². The second-order valence-electron chi connectivity index (χ2n) is 4.77. The molecule has 0 saturated carbocycles. The van der Waals surface area contributed by atoms with Crippen LogP contribution >= 0.6 is 0 Å². The molecule has 0 aliphatic carbocycles. The number of hydrogen-bond donors (Lipinski definition) is 2. The van der Waals surface area contributed by atoms with E-state index in [4.69, 9.17) is 10.8 Å². The Kier molecular flexibility index (Phi) is 4.62. The number of nitrogens with two attached hydrogens (primary N) is 1. The fraction of sp³-hybridized carbons (Fsp3) is 0.429. The molecule has 0 spiro atoms. The standard InChI is InChI=1S/C14H19NO3/c1-3-4-12(16)11-7-5-10(6-8-11)9-14(2,15)13(17)18/h5-8H,3-4,9,15H2,1-2H3,(H,17,18). The topological polar surface area (TPSA) is 80.4 Å². The van der Waals surface area contributed by atoms with Gasteiger partial charge >= 0.3 is 5.97 Å². The number of carbonyl (C=O) groups excluding carboxylic acids is 1. The first-order valence-corrected chi connectivity index (χ1v) is 6.01. The Morgan fingerprint density at radius 1 is 1.28 bits per heavy atom. The molecular formula is C14H19NO3. The Balaban J connectivity index is 2.78. The number of carbonyl (C=O) groups is 2. The molecule has 4 nitrogen and oxygen atoms in total. The number of Topliss-reactive ketones (excluding diaryl/α,β-unsaturated/α-hetero) is 1. The van der Waals surface area contributed by atoms with Gasteiger partial charge in [0.05, 0.1) is 0 Å². The summed E-state index contributed by atoms with van der Waals surface area (Å²) >= 11 is 0. The van der Waals surface area contributed by atoms with Gasteiger partial charge in [-0.3, -0.25) is 9.59 Å². The highest BCUT2D eigenvalue weighted by Crippen LogP contribution is 2.13. The fourth-order valence-corrected chi connectivity index (χ4v) is 1.68. The molecule has 0 saturated heterocycles. The molecule has 18 heavy (non-hydrogen) atoms. The first-order valence-electron chi connectivity index (χ1n) is 6.01. The lowest BCUT2D eigenvalue weighted by Gasteiger charge is -2.19. The van der Waals surface area contributed by atoms with Gasteiger partial charge in [0.1, 0.15) is 5.54 Å². The zero-order chi connectivity index (χ0) is 13.8. The van der Waals surface area contributed by atoms with E-state index in [1.165, 1.54) is 6.92 Å². The Bertz CT molecular complexity index is 435. The van der Waals surface area contributed by atoms with Gasteiger partial charge in [-0.2, -0.15) is 0 Å². The van der Waals surface area contributed by atoms with Gasteiger partial charge in [-0.25, -0.2) is 0 Å². The summed E-state index contributed by atoms with van der Waals surface area (Å²) in [5.41, 5.74) is 5.86. The molecular weight excluding hydrogens is 230 g/mol. The molecule has 0 aliphatic rings. The molecule has 0 radical (unpaired) electrons. The first-order chi connectivity index (χ1) is 8.36. The average molecular weight is 249 g/mol. The molecule has 0 amide bonds. The third-order valence-corrected chi connectivity index (χ3v) is 2.81. The van der Waals surface area contributed by atoms with Crippen molar-refractivity contribution in [2.45, 2.75) is 38.6 Å². The maximum atomic E-state index is 11.6. The second kappa shape index (κ2) is 5.78. The van der Waals surface area contributed by atoms with Gasteiger partial charge in [0.2, 0.25) is 0 Å². The summed E-state index contributed by atoms with van der Waals surface area (Å²) < 4.78 is 0. The van der Waals surface area contributed by atoms with Crippen LogP contribution in [0.4, 0.5) is 0 Å². The second-order valence-corrected chi connectivity index (χ2v) is 4.77. The van der Waals surface area contributed by atoms with Crippen LogP contribution in [0.1, 0.15) is 42.6 Å². The molecule has 0 bridgehead atoms. The Morgan fingerprint density at radius 2 is 1.83 bits per heavy atom. The molecule has 1 atom stereocenters. The normalized spacial score (nSPS) is 13.9. The van der Waals surface area contributed by atoms with Gasteiger partial charge in [0.15, 0.2) is 5.78 Å². The van der Waals surface area contributed by atoms with E-state index < -0.39 is 11.5 Å². The van der Waals surface area contributed by atoms with Crippen LogP contribution in [-0.4, -0.2) is 22.4 Å². The minimum atomic E-state index is -1.28. The molecule has 3 N–H and O–H groups in total. The molecule has 0 fully saturated rings. The average Bonchev–Trinajstić information content (AvgIpc) is 2.29. The summed E-state index contributed by atoms with van der Waals surface area (Å²) in [7, 11) is 0. The van der Waals surface area contributed by atoms with E-state index in [0.29, 0.717) is 12.0 Å². The summed E-state index contributed by atoms with van der Waals surface area (Å²) in [6.07, 6.45) is 1.59. The molecule has 98 valence electrons. The van der Waals surface area contributed by atoms with Crippen molar-refractivity contribution in [1.29, 1.82) is 0 Å². The van der Waals surface area contributed by atoms with Crippen LogP contribution in [0, 0.1) is 0 Å². The smallest absolute Gasteiger partial charge is 0.323 e. The van der Waals surface area contributed by atoms with Crippen molar-refractivity contribution >= 4 is 11.8 Å². The maximum Gasteiger partial charge on any atom is 0.323 e. The molecule has 1 aromatic carbocycles. The molecule has 1 aromatic rings. The van der Waals surface area contributed by atoms with Crippen LogP contribution in [-0.2, 0) is 11.2 Å². The monoisotopic (exact) mass is 249 g/mol. The lowest BCUT2D eigenvalue weighted by Crippen LogP contribution is -2.46. The summed E-state index contributed by atoms with van der Waals surface area (Å²) in [5, 5.41) is 8.94. The summed E-state index contributed by atoms with van der Waals surface area (Å²) in [4.78, 5) is 22.5. The maximum absolute atomic E-state index is 11.6.